The molecule has 0 aromatic carbocycles. The van der Waals surface area contributed by atoms with E-state index in [1.54, 1.807) is 18.0 Å². The first kappa shape index (κ1) is 14.7. The van der Waals surface area contributed by atoms with E-state index in [2.05, 4.69) is 15.3 Å². The second kappa shape index (κ2) is 6.54. The maximum Gasteiger partial charge on any atom is 0.241 e. The summed E-state index contributed by atoms with van der Waals surface area (Å²) in [5, 5.41) is 3.35. The summed E-state index contributed by atoms with van der Waals surface area (Å²) in [7, 11) is 1.76. The fraction of sp³-hybridized carbons (Fsp3) is 0.583. The molecule has 1 N–H and O–H groups in total. The van der Waals surface area contributed by atoms with Crippen LogP contribution >= 0.6 is 11.6 Å². The minimum absolute atomic E-state index is 0.0123. The number of anilines is 1. The maximum atomic E-state index is 11.6. The monoisotopic (exact) mass is 270 g/mol. The van der Waals surface area contributed by atoms with Crippen LogP contribution in [0.1, 0.15) is 32.5 Å². The van der Waals surface area contributed by atoms with Gasteiger partial charge in [0.25, 0.3) is 0 Å². The van der Waals surface area contributed by atoms with Gasteiger partial charge in [0.2, 0.25) is 5.91 Å². The molecule has 0 radical (unpaired) electrons. The Kier molecular flexibility index (Phi) is 5.34. The van der Waals surface area contributed by atoms with Crippen molar-refractivity contribution >= 4 is 23.3 Å². The quantitative estimate of drug-likeness (QED) is 0.833. The third-order valence-electron chi connectivity index (χ3n) is 2.55. The summed E-state index contributed by atoms with van der Waals surface area (Å²) in [5.41, 5.74) is 0. The number of hydrogen-bond acceptors (Lipinski definition) is 4. The van der Waals surface area contributed by atoms with E-state index >= 15 is 0 Å². The fourth-order valence-electron chi connectivity index (χ4n) is 1.26. The Labute approximate surface area is 113 Å². The van der Waals surface area contributed by atoms with Gasteiger partial charge < -0.3 is 10.2 Å². The molecule has 0 aliphatic carbocycles. The van der Waals surface area contributed by atoms with Crippen molar-refractivity contribution in [1.82, 2.24) is 14.9 Å². The van der Waals surface area contributed by atoms with Crippen LogP contribution in [0.15, 0.2) is 6.07 Å². The van der Waals surface area contributed by atoms with Crippen molar-refractivity contribution in [2.45, 2.75) is 26.7 Å². The highest BCUT2D eigenvalue weighted by molar-refractivity contribution is 6.29. The van der Waals surface area contributed by atoms with Crippen LogP contribution in [-0.2, 0) is 4.79 Å². The van der Waals surface area contributed by atoms with Crippen molar-refractivity contribution in [1.29, 1.82) is 0 Å². The third kappa shape index (κ3) is 4.14. The lowest BCUT2D eigenvalue weighted by molar-refractivity contribution is -0.127. The lowest BCUT2D eigenvalue weighted by Gasteiger charge is -2.15. The van der Waals surface area contributed by atoms with Crippen LogP contribution in [0.5, 0.6) is 0 Å². The van der Waals surface area contributed by atoms with Crippen molar-refractivity contribution < 1.29 is 4.79 Å². The predicted octanol–water partition coefficient (Wildman–Crippen LogP) is 2.14. The number of amides is 1. The molecule has 1 aromatic heterocycles. The molecule has 0 spiro atoms. The molecule has 0 atom stereocenters. The van der Waals surface area contributed by atoms with E-state index in [-0.39, 0.29) is 18.4 Å². The molecule has 0 aliphatic rings. The molecule has 0 bridgehead atoms. The fourth-order valence-corrected chi connectivity index (χ4v) is 1.45. The molecular formula is C12H19ClN4O. The van der Waals surface area contributed by atoms with Gasteiger partial charge in [0.1, 0.15) is 16.8 Å². The Morgan fingerprint density at radius 1 is 1.50 bits per heavy atom. The van der Waals surface area contributed by atoms with Gasteiger partial charge in [-0.15, -0.1) is 0 Å². The first-order valence-electron chi connectivity index (χ1n) is 5.96. The second-order valence-corrected chi connectivity index (χ2v) is 4.74. The Morgan fingerprint density at radius 2 is 2.17 bits per heavy atom. The van der Waals surface area contributed by atoms with E-state index in [4.69, 9.17) is 11.6 Å². The zero-order chi connectivity index (χ0) is 13.7. The second-order valence-electron chi connectivity index (χ2n) is 4.35. The smallest absolute Gasteiger partial charge is 0.241 e. The number of nitrogens with zero attached hydrogens (tertiary/aromatic N) is 3. The minimum atomic E-state index is 0.0123. The number of carbonyl (C=O) groups is 1. The third-order valence-corrected chi connectivity index (χ3v) is 2.74. The number of aromatic nitrogens is 2. The molecule has 0 unspecified atom stereocenters. The summed E-state index contributed by atoms with van der Waals surface area (Å²) < 4.78 is 0. The molecular weight excluding hydrogens is 252 g/mol. The molecule has 1 amide bonds. The summed E-state index contributed by atoms with van der Waals surface area (Å²) in [6, 6.07) is 1.62. The minimum Gasteiger partial charge on any atom is -0.361 e. The highest BCUT2D eigenvalue weighted by Gasteiger charge is 2.09. The number of likely N-dealkylation sites (N-methyl/N-ethyl adjacent to an activating group) is 1. The van der Waals surface area contributed by atoms with Gasteiger partial charge in [0, 0.05) is 25.6 Å². The van der Waals surface area contributed by atoms with E-state index in [1.165, 1.54) is 0 Å². The summed E-state index contributed by atoms with van der Waals surface area (Å²) in [5.74, 6) is 1.45. The summed E-state index contributed by atoms with van der Waals surface area (Å²) in [6.45, 7) is 6.80. The molecule has 0 fully saturated rings. The number of rotatable bonds is 5. The Bertz CT molecular complexity index is 423. The number of nitrogens with one attached hydrogen (secondary N) is 1. The molecule has 5 nitrogen and oxygen atoms in total. The summed E-state index contributed by atoms with van der Waals surface area (Å²) >= 11 is 5.91. The highest BCUT2D eigenvalue weighted by Crippen LogP contribution is 2.16. The SMILES string of the molecule is CCN(C)C(=O)CNc1cc(Cl)nc(C(C)C)n1. The van der Waals surface area contributed by atoms with Crippen molar-refractivity contribution in [3.8, 4) is 0 Å². The van der Waals surface area contributed by atoms with Gasteiger partial charge in [-0.25, -0.2) is 9.97 Å². The maximum absolute atomic E-state index is 11.6. The van der Waals surface area contributed by atoms with E-state index < -0.39 is 0 Å². The highest BCUT2D eigenvalue weighted by atomic mass is 35.5. The van der Waals surface area contributed by atoms with Crippen molar-refractivity contribution in [3.63, 3.8) is 0 Å². The molecule has 1 rings (SSSR count). The lowest BCUT2D eigenvalue weighted by atomic mass is 10.2. The summed E-state index contributed by atoms with van der Waals surface area (Å²) in [6.07, 6.45) is 0. The summed E-state index contributed by atoms with van der Waals surface area (Å²) in [4.78, 5) is 21.7. The first-order valence-corrected chi connectivity index (χ1v) is 6.34. The van der Waals surface area contributed by atoms with Crippen LogP contribution in [0, 0.1) is 0 Å². The number of hydrogen-bond donors (Lipinski definition) is 1. The lowest BCUT2D eigenvalue weighted by Crippen LogP contribution is -2.32. The van der Waals surface area contributed by atoms with Crippen LogP contribution in [0.25, 0.3) is 0 Å². The molecule has 1 heterocycles. The van der Waals surface area contributed by atoms with Crippen LogP contribution in [-0.4, -0.2) is 40.9 Å². The zero-order valence-corrected chi connectivity index (χ0v) is 12.0. The van der Waals surface area contributed by atoms with E-state index in [9.17, 15) is 4.79 Å². The molecule has 1 aromatic rings. The average molecular weight is 271 g/mol. The molecule has 0 saturated heterocycles. The molecule has 0 saturated carbocycles. The van der Waals surface area contributed by atoms with Gasteiger partial charge in [-0.3, -0.25) is 4.79 Å². The Balaban J connectivity index is 2.70. The largest absolute Gasteiger partial charge is 0.361 e. The van der Waals surface area contributed by atoms with Crippen LogP contribution in [0.3, 0.4) is 0 Å². The average Bonchev–Trinajstić information content (AvgIpc) is 2.34. The van der Waals surface area contributed by atoms with Crippen molar-refractivity contribution in [2.24, 2.45) is 0 Å². The van der Waals surface area contributed by atoms with E-state index in [0.717, 1.165) is 0 Å². The standard InChI is InChI=1S/C12H19ClN4O/c1-5-17(4)11(18)7-14-10-6-9(13)15-12(16-10)8(2)3/h6,8H,5,7H2,1-4H3,(H,14,15,16). The topological polar surface area (TPSA) is 58.1 Å². The Hall–Kier alpha value is -1.36. The normalized spacial score (nSPS) is 10.6. The van der Waals surface area contributed by atoms with Crippen LogP contribution < -0.4 is 5.32 Å². The predicted molar refractivity (Wildman–Crippen MR) is 72.9 cm³/mol. The molecule has 0 aliphatic heterocycles. The first-order chi connectivity index (χ1) is 8.43. The van der Waals surface area contributed by atoms with E-state index in [1.807, 2.05) is 20.8 Å². The van der Waals surface area contributed by atoms with Crippen LogP contribution in [0.4, 0.5) is 5.82 Å². The van der Waals surface area contributed by atoms with Crippen LogP contribution in [0.2, 0.25) is 5.15 Å². The van der Waals surface area contributed by atoms with Gasteiger partial charge in [0.05, 0.1) is 6.54 Å². The van der Waals surface area contributed by atoms with Gasteiger partial charge in [-0.1, -0.05) is 25.4 Å². The molecule has 18 heavy (non-hydrogen) atoms. The van der Waals surface area contributed by atoms with Gasteiger partial charge in [-0.05, 0) is 6.92 Å². The van der Waals surface area contributed by atoms with Gasteiger partial charge in [0.15, 0.2) is 0 Å². The zero-order valence-electron chi connectivity index (χ0n) is 11.2. The Morgan fingerprint density at radius 3 is 2.72 bits per heavy atom. The van der Waals surface area contributed by atoms with Crippen molar-refractivity contribution in [2.75, 3.05) is 25.5 Å². The van der Waals surface area contributed by atoms with Gasteiger partial charge >= 0.3 is 0 Å². The molecule has 6 heteroatoms. The number of halogens is 1. The molecule has 100 valence electrons. The number of carbonyl (C=O) groups excluding carboxylic acids is 1. The van der Waals surface area contributed by atoms with Crippen molar-refractivity contribution in [3.05, 3.63) is 17.0 Å². The van der Waals surface area contributed by atoms with Gasteiger partial charge in [-0.2, -0.15) is 0 Å². The van der Waals surface area contributed by atoms with E-state index in [0.29, 0.717) is 23.3 Å².